The van der Waals surface area contributed by atoms with E-state index in [4.69, 9.17) is 0 Å². The third-order valence-corrected chi connectivity index (χ3v) is 2.48. The summed E-state index contributed by atoms with van der Waals surface area (Å²) in [5, 5.41) is 12.3. The topological polar surface area (TPSA) is 49.3 Å². The van der Waals surface area contributed by atoms with Crippen molar-refractivity contribution in [3.63, 3.8) is 0 Å². The van der Waals surface area contributed by atoms with Crippen LogP contribution in [0.15, 0.2) is 0 Å². The number of carbonyl (C=O) groups is 1. The van der Waals surface area contributed by atoms with Crippen molar-refractivity contribution in [2.75, 3.05) is 6.54 Å². The van der Waals surface area contributed by atoms with E-state index < -0.39 is 0 Å². The van der Waals surface area contributed by atoms with Crippen LogP contribution in [0.3, 0.4) is 0 Å². The first-order chi connectivity index (χ1) is 5.70. The summed E-state index contributed by atoms with van der Waals surface area (Å²) < 4.78 is 0. The van der Waals surface area contributed by atoms with E-state index in [1.807, 2.05) is 0 Å². The molecule has 0 spiro atoms. The lowest BCUT2D eigenvalue weighted by molar-refractivity contribution is -0.119. The highest BCUT2D eigenvalue weighted by Crippen LogP contribution is 2.23. The molecule has 0 aliphatic heterocycles. The zero-order valence-electron chi connectivity index (χ0n) is 7.55. The van der Waals surface area contributed by atoms with Crippen LogP contribution in [0.25, 0.3) is 0 Å². The van der Waals surface area contributed by atoms with Crippen LogP contribution < -0.4 is 5.32 Å². The van der Waals surface area contributed by atoms with Crippen LogP contribution in [0.4, 0.5) is 0 Å². The van der Waals surface area contributed by atoms with Crippen LogP contribution in [0.1, 0.15) is 32.6 Å². The maximum Gasteiger partial charge on any atom is 0.216 e. The fraction of sp³-hybridized carbons (Fsp3) is 0.889. The molecule has 0 aromatic rings. The second-order valence-corrected chi connectivity index (χ2v) is 3.55. The lowest BCUT2D eigenvalue weighted by Crippen LogP contribution is -2.35. The van der Waals surface area contributed by atoms with Gasteiger partial charge in [-0.25, -0.2) is 0 Å². The second-order valence-electron chi connectivity index (χ2n) is 3.55. The molecular weight excluding hydrogens is 154 g/mol. The monoisotopic (exact) mass is 171 g/mol. The fourth-order valence-corrected chi connectivity index (χ4v) is 1.70. The fourth-order valence-electron chi connectivity index (χ4n) is 1.70. The lowest BCUT2D eigenvalue weighted by Gasteiger charge is -2.27. The molecule has 2 atom stereocenters. The van der Waals surface area contributed by atoms with Crippen LogP contribution in [0.2, 0.25) is 0 Å². The number of aliphatic hydroxyl groups is 1. The Morgan fingerprint density at radius 1 is 1.50 bits per heavy atom. The third kappa shape index (κ3) is 2.81. The molecule has 0 heterocycles. The molecule has 0 saturated heterocycles. The largest absolute Gasteiger partial charge is 0.393 e. The molecule has 3 heteroatoms. The first kappa shape index (κ1) is 9.52. The van der Waals surface area contributed by atoms with Crippen molar-refractivity contribution in [2.45, 2.75) is 38.7 Å². The molecule has 70 valence electrons. The Balaban J connectivity index is 2.24. The number of carbonyl (C=O) groups excluding carboxylic acids is 1. The number of amides is 1. The number of rotatable bonds is 2. The average Bonchev–Trinajstić information content (AvgIpc) is 2.03. The van der Waals surface area contributed by atoms with Crippen molar-refractivity contribution in [1.29, 1.82) is 0 Å². The molecule has 1 aliphatic carbocycles. The van der Waals surface area contributed by atoms with Gasteiger partial charge in [-0.1, -0.05) is 12.8 Å². The Morgan fingerprint density at radius 3 is 2.75 bits per heavy atom. The molecule has 3 nitrogen and oxygen atoms in total. The number of nitrogens with one attached hydrogen (secondary N) is 1. The van der Waals surface area contributed by atoms with Gasteiger partial charge in [-0.05, 0) is 12.8 Å². The lowest BCUT2D eigenvalue weighted by atomic mass is 9.86. The molecule has 1 fully saturated rings. The summed E-state index contributed by atoms with van der Waals surface area (Å²) in [6.07, 6.45) is 4.04. The predicted octanol–water partition coefficient (Wildman–Crippen LogP) is 0.674. The van der Waals surface area contributed by atoms with Crippen LogP contribution in [-0.2, 0) is 4.79 Å². The van der Waals surface area contributed by atoms with E-state index in [2.05, 4.69) is 5.32 Å². The van der Waals surface area contributed by atoms with E-state index in [-0.39, 0.29) is 17.9 Å². The molecular formula is C9H17NO2. The number of hydrogen-bond acceptors (Lipinski definition) is 2. The van der Waals surface area contributed by atoms with Gasteiger partial charge in [0, 0.05) is 19.4 Å². The maximum absolute atomic E-state index is 10.6. The zero-order valence-corrected chi connectivity index (χ0v) is 7.55. The van der Waals surface area contributed by atoms with Gasteiger partial charge in [0.05, 0.1) is 6.10 Å². The van der Waals surface area contributed by atoms with Gasteiger partial charge < -0.3 is 10.4 Å². The van der Waals surface area contributed by atoms with Crippen LogP contribution >= 0.6 is 0 Å². The highest BCUT2D eigenvalue weighted by Gasteiger charge is 2.22. The van der Waals surface area contributed by atoms with Gasteiger partial charge >= 0.3 is 0 Å². The van der Waals surface area contributed by atoms with Crippen molar-refractivity contribution in [1.82, 2.24) is 5.32 Å². The van der Waals surface area contributed by atoms with E-state index in [1.54, 1.807) is 0 Å². The van der Waals surface area contributed by atoms with Crippen molar-refractivity contribution in [3.8, 4) is 0 Å². The minimum absolute atomic E-state index is 0.00669. The molecule has 0 radical (unpaired) electrons. The Bertz CT molecular complexity index is 159. The minimum atomic E-state index is -0.203. The van der Waals surface area contributed by atoms with E-state index in [1.165, 1.54) is 13.3 Å². The smallest absolute Gasteiger partial charge is 0.216 e. The Kier molecular flexibility index (Phi) is 3.53. The van der Waals surface area contributed by atoms with Crippen LogP contribution in [-0.4, -0.2) is 23.7 Å². The van der Waals surface area contributed by atoms with E-state index in [0.717, 1.165) is 19.3 Å². The van der Waals surface area contributed by atoms with Gasteiger partial charge in [-0.15, -0.1) is 0 Å². The molecule has 0 aromatic carbocycles. The summed E-state index contributed by atoms with van der Waals surface area (Å²) in [5.41, 5.74) is 0. The van der Waals surface area contributed by atoms with Crippen LogP contribution in [0.5, 0.6) is 0 Å². The molecule has 1 aliphatic rings. The predicted molar refractivity (Wildman–Crippen MR) is 46.6 cm³/mol. The van der Waals surface area contributed by atoms with Crippen LogP contribution in [0, 0.1) is 5.92 Å². The third-order valence-electron chi connectivity index (χ3n) is 2.48. The molecule has 1 saturated carbocycles. The zero-order chi connectivity index (χ0) is 8.97. The van der Waals surface area contributed by atoms with Crippen molar-refractivity contribution < 1.29 is 9.90 Å². The van der Waals surface area contributed by atoms with Gasteiger partial charge in [0.1, 0.15) is 0 Å². The molecule has 1 amide bonds. The first-order valence-electron chi connectivity index (χ1n) is 4.62. The van der Waals surface area contributed by atoms with Crippen molar-refractivity contribution in [3.05, 3.63) is 0 Å². The summed E-state index contributed by atoms with van der Waals surface area (Å²) in [5.74, 6) is 0.274. The van der Waals surface area contributed by atoms with E-state index in [0.29, 0.717) is 6.54 Å². The Morgan fingerprint density at radius 2 is 2.17 bits per heavy atom. The number of aliphatic hydroxyl groups excluding tert-OH is 1. The van der Waals surface area contributed by atoms with E-state index >= 15 is 0 Å². The van der Waals surface area contributed by atoms with Gasteiger partial charge in [-0.2, -0.15) is 0 Å². The average molecular weight is 171 g/mol. The van der Waals surface area contributed by atoms with E-state index in [9.17, 15) is 9.90 Å². The second kappa shape index (κ2) is 4.45. The molecule has 0 bridgehead atoms. The summed E-state index contributed by atoms with van der Waals surface area (Å²) in [6, 6.07) is 0. The number of hydrogen-bond donors (Lipinski definition) is 2. The highest BCUT2D eigenvalue weighted by molar-refractivity contribution is 5.72. The standard InChI is InChI=1S/C9H17NO2/c1-7(11)10-6-8-4-2-3-5-9(8)12/h8-9,12H,2-6H2,1H3,(H,10,11). The Hall–Kier alpha value is -0.570. The van der Waals surface area contributed by atoms with Gasteiger partial charge in [0.2, 0.25) is 5.91 Å². The minimum Gasteiger partial charge on any atom is -0.393 e. The summed E-state index contributed by atoms with van der Waals surface area (Å²) in [4.78, 5) is 10.6. The van der Waals surface area contributed by atoms with Crippen molar-refractivity contribution in [2.24, 2.45) is 5.92 Å². The molecule has 2 N–H and O–H groups in total. The normalized spacial score (nSPS) is 29.8. The van der Waals surface area contributed by atoms with Gasteiger partial charge in [0.25, 0.3) is 0 Å². The molecule has 0 aromatic heterocycles. The van der Waals surface area contributed by atoms with Gasteiger partial charge in [0.15, 0.2) is 0 Å². The van der Waals surface area contributed by atoms with Gasteiger partial charge in [-0.3, -0.25) is 4.79 Å². The molecule has 12 heavy (non-hydrogen) atoms. The highest BCUT2D eigenvalue weighted by atomic mass is 16.3. The molecule has 1 rings (SSSR count). The quantitative estimate of drug-likeness (QED) is 0.641. The molecule has 2 unspecified atom stereocenters. The summed E-state index contributed by atoms with van der Waals surface area (Å²) in [6.45, 7) is 2.14. The SMILES string of the molecule is CC(=O)NCC1CCCCC1O. The maximum atomic E-state index is 10.6. The van der Waals surface area contributed by atoms with Crippen molar-refractivity contribution >= 4 is 5.91 Å². The Labute approximate surface area is 73.2 Å². The summed E-state index contributed by atoms with van der Waals surface area (Å²) >= 11 is 0. The summed E-state index contributed by atoms with van der Waals surface area (Å²) in [7, 11) is 0. The first-order valence-corrected chi connectivity index (χ1v) is 4.62.